The van der Waals surface area contributed by atoms with Gasteiger partial charge in [0.25, 0.3) is 0 Å². The number of hydrogen-bond donors (Lipinski definition) is 0. The topological polar surface area (TPSA) is 53.7 Å². The Hall–Kier alpha value is -1.28. The second-order valence-electron chi connectivity index (χ2n) is 11.6. The van der Waals surface area contributed by atoms with Crippen LogP contribution in [0, 0.1) is 12.8 Å². The lowest BCUT2D eigenvalue weighted by Crippen LogP contribution is -2.44. The zero-order chi connectivity index (χ0) is 26.1. The van der Waals surface area contributed by atoms with Gasteiger partial charge in [-0.1, -0.05) is 39.3 Å². The maximum absolute atomic E-state index is 15.4. The minimum Gasteiger partial charge on any atom is -0.449 e. The largest absolute Gasteiger partial charge is 0.449 e. The second kappa shape index (κ2) is 13.9. The van der Waals surface area contributed by atoms with E-state index in [9.17, 15) is 0 Å². The lowest BCUT2D eigenvalue weighted by molar-refractivity contribution is -0.168. The van der Waals surface area contributed by atoms with Gasteiger partial charge < -0.3 is 18.3 Å². The fourth-order valence-electron chi connectivity index (χ4n) is 3.77. The van der Waals surface area contributed by atoms with Gasteiger partial charge in [-0.15, -0.1) is 0 Å². The van der Waals surface area contributed by atoms with Crippen LogP contribution in [0.25, 0.3) is 6.08 Å². The molecule has 0 N–H and O–H groups in total. The molecule has 2 rings (SSSR count). The predicted molar refractivity (Wildman–Crippen MR) is 143 cm³/mol. The highest BCUT2D eigenvalue weighted by atomic mass is 28.4. The smallest absolute Gasteiger partial charge is 0.193 e. The van der Waals surface area contributed by atoms with Gasteiger partial charge in [-0.3, -0.25) is 0 Å². The van der Waals surface area contributed by atoms with Crippen LogP contribution in [0.2, 0.25) is 18.1 Å². The molecule has 1 aromatic heterocycles. The number of rotatable bonds is 13. The Morgan fingerprint density at radius 1 is 1.31 bits per heavy atom. The molecule has 0 amide bonds. The SMILES string of the molecule is CC(=CC[C@H](O[Si](C)(C)C(C)(C)C)C(F)=Cc1coc(C)n1)CCC[C@H](C)COC1CCCCO1. The summed E-state index contributed by atoms with van der Waals surface area (Å²) < 4.78 is 38.6. The zero-order valence-corrected chi connectivity index (χ0v) is 24.3. The number of aryl methyl sites for hydroxylation is 1. The highest BCUT2D eigenvalue weighted by Crippen LogP contribution is 2.39. The number of allylic oxidation sites excluding steroid dienone is 1. The average Bonchev–Trinajstić information content (AvgIpc) is 3.19. The molecule has 1 aromatic rings. The summed E-state index contributed by atoms with van der Waals surface area (Å²) in [7, 11) is -2.16. The fourth-order valence-corrected chi connectivity index (χ4v) is 5.04. The Labute approximate surface area is 213 Å². The molecule has 1 aliphatic rings. The van der Waals surface area contributed by atoms with Crippen molar-refractivity contribution in [1.82, 2.24) is 4.98 Å². The Morgan fingerprint density at radius 2 is 2.06 bits per heavy atom. The lowest BCUT2D eigenvalue weighted by Gasteiger charge is -2.38. The monoisotopic (exact) mass is 509 g/mol. The van der Waals surface area contributed by atoms with Crippen molar-refractivity contribution in [2.24, 2.45) is 5.92 Å². The molecule has 1 fully saturated rings. The zero-order valence-electron chi connectivity index (χ0n) is 23.3. The van der Waals surface area contributed by atoms with E-state index in [-0.39, 0.29) is 17.2 Å². The van der Waals surface area contributed by atoms with Crippen molar-refractivity contribution in [3.8, 4) is 0 Å². The Kier molecular flexibility index (Phi) is 11.9. The van der Waals surface area contributed by atoms with E-state index in [1.165, 1.54) is 24.3 Å². The van der Waals surface area contributed by atoms with Gasteiger partial charge in [-0.25, -0.2) is 9.37 Å². The van der Waals surface area contributed by atoms with Crippen LogP contribution in [0.1, 0.15) is 91.1 Å². The number of nitrogens with zero attached hydrogens (tertiary/aromatic N) is 1. The first kappa shape index (κ1) is 29.9. The minimum atomic E-state index is -2.16. The van der Waals surface area contributed by atoms with Crippen molar-refractivity contribution in [2.45, 2.75) is 117 Å². The van der Waals surface area contributed by atoms with Crippen LogP contribution < -0.4 is 0 Å². The molecule has 2 heterocycles. The van der Waals surface area contributed by atoms with Crippen molar-refractivity contribution in [2.75, 3.05) is 13.2 Å². The summed E-state index contributed by atoms with van der Waals surface area (Å²) in [5.41, 5.74) is 1.75. The maximum atomic E-state index is 15.4. The number of ether oxygens (including phenoxy) is 2. The number of hydrogen-bond acceptors (Lipinski definition) is 5. The first-order valence-electron chi connectivity index (χ1n) is 13.2. The van der Waals surface area contributed by atoms with Gasteiger partial charge in [-0.05, 0) is 75.9 Å². The van der Waals surface area contributed by atoms with Crippen LogP contribution in [0.4, 0.5) is 4.39 Å². The summed E-state index contributed by atoms with van der Waals surface area (Å²) in [5, 5.41) is -0.00432. The van der Waals surface area contributed by atoms with Gasteiger partial charge >= 0.3 is 0 Å². The molecule has 0 radical (unpaired) electrons. The highest BCUT2D eigenvalue weighted by molar-refractivity contribution is 6.74. The number of oxazole rings is 1. The molecule has 35 heavy (non-hydrogen) atoms. The molecule has 1 aliphatic heterocycles. The van der Waals surface area contributed by atoms with E-state index < -0.39 is 14.4 Å². The van der Waals surface area contributed by atoms with Gasteiger partial charge in [0.05, 0.1) is 6.61 Å². The molecule has 5 nitrogen and oxygen atoms in total. The van der Waals surface area contributed by atoms with Gasteiger partial charge in [0.15, 0.2) is 20.5 Å². The van der Waals surface area contributed by atoms with Crippen LogP contribution in [0.15, 0.2) is 28.2 Å². The fraction of sp³-hybridized carbons (Fsp3) is 0.750. The number of aromatic nitrogens is 1. The summed E-state index contributed by atoms with van der Waals surface area (Å²) >= 11 is 0. The first-order chi connectivity index (χ1) is 16.4. The Balaban J connectivity index is 1.91. The van der Waals surface area contributed by atoms with Crippen LogP contribution in [0.3, 0.4) is 0 Å². The average molecular weight is 510 g/mol. The van der Waals surface area contributed by atoms with Crippen molar-refractivity contribution in [3.63, 3.8) is 0 Å². The van der Waals surface area contributed by atoms with Crippen LogP contribution in [-0.2, 0) is 13.9 Å². The van der Waals surface area contributed by atoms with E-state index in [0.29, 0.717) is 23.9 Å². The molecule has 0 spiro atoms. The third-order valence-electron chi connectivity index (χ3n) is 7.13. The molecular formula is C28H48FNO4Si. The molecule has 0 aliphatic carbocycles. The summed E-state index contributed by atoms with van der Waals surface area (Å²) in [5.74, 6) is 0.713. The van der Waals surface area contributed by atoms with E-state index in [1.807, 2.05) is 0 Å². The van der Waals surface area contributed by atoms with Gasteiger partial charge in [0.1, 0.15) is 23.9 Å². The molecule has 0 bridgehead atoms. The van der Waals surface area contributed by atoms with E-state index in [0.717, 1.165) is 45.3 Å². The molecular weight excluding hydrogens is 461 g/mol. The van der Waals surface area contributed by atoms with Gasteiger partial charge in [0.2, 0.25) is 0 Å². The van der Waals surface area contributed by atoms with E-state index in [2.05, 4.69) is 58.8 Å². The van der Waals surface area contributed by atoms with Gasteiger partial charge in [0, 0.05) is 19.6 Å². The third kappa shape index (κ3) is 10.7. The summed E-state index contributed by atoms with van der Waals surface area (Å²) in [6, 6.07) is 0. The number of halogens is 1. The van der Waals surface area contributed by atoms with Crippen molar-refractivity contribution < 1.29 is 22.7 Å². The molecule has 0 saturated carbocycles. The summed E-state index contributed by atoms with van der Waals surface area (Å²) in [6.07, 6.45) is 11.4. The minimum absolute atomic E-state index is 0.00432. The molecule has 7 heteroatoms. The molecule has 1 unspecified atom stereocenters. The van der Waals surface area contributed by atoms with E-state index >= 15 is 4.39 Å². The molecule has 0 aromatic carbocycles. The summed E-state index contributed by atoms with van der Waals surface area (Å²) in [4.78, 5) is 4.21. The van der Waals surface area contributed by atoms with Gasteiger partial charge in [-0.2, -0.15) is 0 Å². The van der Waals surface area contributed by atoms with E-state index in [4.69, 9.17) is 18.3 Å². The van der Waals surface area contributed by atoms with Crippen LogP contribution in [0.5, 0.6) is 0 Å². The van der Waals surface area contributed by atoms with Crippen LogP contribution in [-0.4, -0.2) is 38.9 Å². The van der Waals surface area contributed by atoms with E-state index in [1.54, 1.807) is 6.92 Å². The van der Waals surface area contributed by atoms with Crippen molar-refractivity contribution in [3.05, 3.63) is 35.3 Å². The molecule has 1 saturated heterocycles. The van der Waals surface area contributed by atoms with Crippen LogP contribution >= 0.6 is 0 Å². The summed E-state index contributed by atoms with van der Waals surface area (Å²) in [6.45, 7) is 18.5. The Bertz CT molecular complexity index is 821. The lowest BCUT2D eigenvalue weighted by atomic mass is 10.0. The highest BCUT2D eigenvalue weighted by Gasteiger charge is 2.39. The predicted octanol–water partition coefficient (Wildman–Crippen LogP) is 8.37. The molecule has 3 atom stereocenters. The first-order valence-corrected chi connectivity index (χ1v) is 16.1. The normalized spacial score (nSPS) is 20.2. The Morgan fingerprint density at radius 3 is 2.66 bits per heavy atom. The maximum Gasteiger partial charge on any atom is 0.193 e. The third-order valence-corrected chi connectivity index (χ3v) is 11.6. The second-order valence-corrected chi connectivity index (χ2v) is 16.4. The quantitative estimate of drug-likeness (QED) is 0.197. The van der Waals surface area contributed by atoms with Crippen molar-refractivity contribution >= 4 is 14.4 Å². The van der Waals surface area contributed by atoms with Crippen molar-refractivity contribution in [1.29, 1.82) is 0 Å². The standard InChI is InChI=1S/C28H48FNO4Si/c1-21(12-11-13-22(2)19-33-27-14-9-10-17-31-27)15-16-26(34-35(7,8)28(4,5)6)25(29)18-24-20-32-23(3)30-24/h15,18,20,22,26-27H,9-14,16-17,19H2,1-8H3/t22-,26-,27?/m0/s1. The molecule has 200 valence electrons.